The summed E-state index contributed by atoms with van der Waals surface area (Å²) in [5.41, 5.74) is 8.23. The van der Waals surface area contributed by atoms with E-state index < -0.39 is 0 Å². The summed E-state index contributed by atoms with van der Waals surface area (Å²) < 4.78 is 2.31. The molecule has 1 aromatic rings. The van der Waals surface area contributed by atoms with Gasteiger partial charge in [-0.15, -0.1) is 0 Å². The van der Waals surface area contributed by atoms with Crippen LogP contribution in [0.2, 0.25) is 0 Å². The Morgan fingerprint density at radius 1 is 1.62 bits per heavy atom. The van der Waals surface area contributed by atoms with Gasteiger partial charge in [0, 0.05) is 12.2 Å². The van der Waals surface area contributed by atoms with E-state index in [1.807, 2.05) is 0 Å². The van der Waals surface area contributed by atoms with E-state index in [9.17, 15) is 0 Å². The van der Waals surface area contributed by atoms with Gasteiger partial charge >= 0.3 is 0 Å². The fourth-order valence-corrected chi connectivity index (χ4v) is 2.37. The zero-order chi connectivity index (χ0) is 9.42. The number of rotatable bonds is 1. The summed E-state index contributed by atoms with van der Waals surface area (Å²) >= 11 is 0. The molecule has 3 heteroatoms. The molecule has 1 aliphatic heterocycles. The van der Waals surface area contributed by atoms with Gasteiger partial charge in [-0.3, -0.25) is 0 Å². The Morgan fingerprint density at radius 2 is 2.38 bits per heavy atom. The second kappa shape index (κ2) is 3.14. The Kier molecular flexibility index (Phi) is 2.12. The van der Waals surface area contributed by atoms with Crippen molar-refractivity contribution in [3.63, 3.8) is 0 Å². The van der Waals surface area contributed by atoms with Gasteiger partial charge in [-0.1, -0.05) is 6.92 Å². The van der Waals surface area contributed by atoms with Crippen LogP contribution in [-0.4, -0.2) is 9.55 Å². The van der Waals surface area contributed by atoms with E-state index in [0.717, 1.165) is 12.4 Å². The SMILES string of the molecule is Cc1nc(CN)n2c1C(C)CCC2. The van der Waals surface area contributed by atoms with Gasteiger partial charge in [-0.2, -0.15) is 0 Å². The third kappa shape index (κ3) is 1.27. The number of aryl methyl sites for hydroxylation is 1. The second-order valence-electron chi connectivity index (χ2n) is 3.90. The van der Waals surface area contributed by atoms with Crippen molar-refractivity contribution >= 4 is 0 Å². The van der Waals surface area contributed by atoms with Gasteiger partial charge in [0.1, 0.15) is 5.82 Å². The molecule has 2 rings (SSSR count). The number of hydrogen-bond acceptors (Lipinski definition) is 2. The van der Waals surface area contributed by atoms with Crippen molar-refractivity contribution in [3.05, 3.63) is 17.2 Å². The Balaban J connectivity index is 2.51. The Morgan fingerprint density at radius 3 is 3.08 bits per heavy atom. The van der Waals surface area contributed by atoms with E-state index in [2.05, 4.69) is 23.4 Å². The van der Waals surface area contributed by atoms with Crippen LogP contribution in [0.5, 0.6) is 0 Å². The molecule has 2 N–H and O–H groups in total. The first kappa shape index (κ1) is 8.75. The maximum Gasteiger partial charge on any atom is 0.122 e. The minimum Gasteiger partial charge on any atom is -0.330 e. The highest BCUT2D eigenvalue weighted by Gasteiger charge is 2.21. The summed E-state index contributed by atoms with van der Waals surface area (Å²) in [7, 11) is 0. The highest BCUT2D eigenvalue weighted by Crippen LogP contribution is 2.29. The van der Waals surface area contributed by atoms with Crippen molar-refractivity contribution in [3.8, 4) is 0 Å². The molecule has 0 aromatic carbocycles. The first-order valence-corrected chi connectivity index (χ1v) is 5.00. The fourth-order valence-electron chi connectivity index (χ4n) is 2.37. The van der Waals surface area contributed by atoms with Crippen molar-refractivity contribution < 1.29 is 0 Å². The average molecular weight is 179 g/mol. The maximum absolute atomic E-state index is 5.65. The molecule has 0 bridgehead atoms. The van der Waals surface area contributed by atoms with E-state index in [4.69, 9.17) is 5.73 Å². The quantitative estimate of drug-likeness (QED) is 0.710. The molecule has 1 unspecified atom stereocenters. The van der Waals surface area contributed by atoms with Gasteiger partial charge in [0.15, 0.2) is 0 Å². The highest BCUT2D eigenvalue weighted by atomic mass is 15.1. The Labute approximate surface area is 79.0 Å². The van der Waals surface area contributed by atoms with Crippen LogP contribution in [0.3, 0.4) is 0 Å². The molecule has 72 valence electrons. The molecule has 1 aliphatic rings. The van der Waals surface area contributed by atoms with Crippen LogP contribution in [0, 0.1) is 6.92 Å². The lowest BCUT2D eigenvalue weighted by Gasteiger charge is -2.22. The molecule has 1 aromatic heterocycles. The Hall–Kier alpha value is -0.830. The van der Waals surface area contributed by atoms with E-state index in [-0.39, 0.29) is 0 Å². The van der Waals surface area contributed by atoms with Gasteiger partial charge in [-0.25, -0.2) is 4.98 Å². The van der Waals surface area contributed by atoms with E-state index in [1.54, 1.807) is 0 Å². The van der Waals surface area contributed by atoms with Crippen LogP contribution < -0.4 is 5.73 Å². The highest BCUT2D eigenvalue weighted by molar-refractivity contribution is 5.21. The monoisotopic (exact) mass is 179 g/mol. The van der Waals surface area contributed by atoms with E-state index in [0.29, 0.717) is 12.5 Å². The van der Waals surface area contributed by atoms with Gasteiger partial charge in [0.25, 0.3) is 0 Å². The predicted octanol–water partition coefficient (Wildman–Crippen LogP) is 1.55. The molecule has 1 atom stereocenters. The van der Waals surface area contributed by atoms with Gasteiger partial charge < -0.3 is 10.3 Å². The molecule has 0 aliphatic carbocycles. The maximum atomic E-state index is 5.65. The standard InChI is InChI=1S/C10H17N3/c1-7-4-3-5-13-9(6-11)12-8(2)10(7)13/h7H,3-6,11H2,1-2H3. The summed E-state index contributed by atoms with van der Waals surface area (Å²) in [4.78, 5) is 4.50. The lowest BCUT2D eigenvalue weighted by molar-refractivity contribution is 0.462. The molecule has 0 amide bonds. The summed E-state index contributed by atoms with van der Waals surface area (Å²) in [5, 5.41) is 0. The lowest BCUT2D eigenvalue weighted by Crippen LogP contribution is -2.17. The third-order valence-corrected chi connectivity index (χ3v) is 2.94. The molecule has 3 nitrogen and oxygen atoms in total. The summed E-state index contributed by atoms with van der Waals surface area (Å²) in [6.07, 6.45) is 2.55. The zero-order valence-electron chi connectivity index (χ0n) is 8.38. The smallest absolute Gasteiger partial charge is 0.122 e. The molecular weight excluding hydrogens is 162 g/mol. The van der Waals surface area contributed by atoms with Crippen LogP contribution in [-0.2, 0) is 13.1 Å². The van der Waals surface area contributed by atoms with Crippen molar-refractivity contribution in [2.45, 2.75) is 45.7 Å². The summed E-state index contributed by atoms with van der Waals surface area (Å²) in [5.74, 6) is 1.71. The number of nitrogens with two attached hydrogens (primary N) is 1. The number of imidazole rings is 1. The minimum absolute atomic E-state index is 0.563. The van der Waals surface area contributed by atoms with Crippen LogP contribution in [0.15, 0.2) is 0 Å². The largest absolute Gasteiger partial charge is 0.330 e. The van der Waals surface area contributed by atoms with Crippen molar-refractivity contribution in [2.75, 3.05) is 0 Å². The van der Waals surface area contributed by atoms with Gasteiger partial charge in [0.05, 0.1) is 12.2 Å². The molecule has 0 spiro atoms. The lowest BCUT2D eigenvalue weighted by atomic mass is 9.97. The molecular formula is C10H17N3. The van der Waals surface area contributed by atoms with Crippen molar-refractivity contribution in [1.29, 1.82) is 0 Å². The third-order valence-electron chi connectivity index (χ3n) is 2.94. The van der Waals surface area contributed by atoms with Crippen LogP contribution in [0.4, 0.5) is 0 Å². The molecule has 0 radical (unpaired) electrons. The summed E-state index contributed by atoms with van der Waals surface area (Å²) in [6.45, 7) is 6.04. The molecule has 0 saturated carbocycles. The normalized spacial score (nSPS) is 21.6. The first-order valence-electron chi connectivity index (χ1n) is 5.00. The van der Waals surface area contributed by atoms with Crippen molar-refractivity contribution in [1.82, 2.24) is 9.55 Å². The Bertz CT molecular complexity index is 314. The van der Waals surface area contributed by atoms with Crippen molar-refractivity contribution in [2.24, 2.45) is 5.73 Å². The molecule has 0 fully saturated rings. The number of nitrogens with zero attached hydrogens (tertiary/aromatic N) is 2. The van der Waals surface area contributed by atoms with E-state index in [1.165, 1.54) is 24.2 Å². The molecule has 0 saturated heterocycles. The number of fused-ring (bicyclic) bond motifs is 1. The fraction of sp³-hybridized carbons (Fsp3) is 0.700. The van der Waals surface area contributed by atoms with Crippen LogP contribution in [0.25, 0.3) is 0 Å². The van der Waals surface area contributed by atoms with Gasteiger partial charge in [-0.05, 0) is 25.7 Å². The molecule has 13 heavy (non-hydrogen) atoms. The van der Waals surface area contributed by atoms with Crippen LogP contribution in [0.1, 0.15) is 42.9 Å². The number of aromatic nitrogens is 2. The average Bonchev–Trinajstić information content (AvgIpc) is 2.44. The zero-order valence-corrected chi connectivity index (χ0v) is 8.38. The second-order valence-corrected chi connectivity index (χ2v) is 3.90. The first-order chi connectivity index (χ1) is 6.24. The topological polar surface area (TPSA) is 43.8 Å². The number of hydrogen-bond donors (Lipinski definition) is 1. The van der Waals surface area contributed by atoms with E-state index >= 15 is 0 Å². The van der Waals surface area contributed by atoms with Crippen LogP contribution >= 0.6 is 0 Å². The summed E-state index contributed by atoms with van der Waals surface area (Å²) in [6, 6.07) is 0. The predicted molar refractivity (Wildman–Crippen MR) is 52.5 cm³/mol. The van der Waals surface area contributed by atoms with Gasteiger partial charge in [0.2, 0.25) is 0 Å². The minimum atomic E-state index is 0.563. The molecule has 2 heterocycles.